The Hall–Kier alpha value is -1.69. The zero-order chi connectivity index (χ0) is 11.6. The van der Waals surface area contributed by atoms with Crippen LogP contribution in [0.4, 0.5) is 5.82 Å². The number of carbonyl (C=O) groups is 1. The average Bonchev–Trinajstić information content (AvgIpc) is 2.24. The lowest BCUT2D eigenvalue weighted by atomic mass is 9.77. The van der Waals surface area contributed by atoms with E-state index in [9.17, 15) is 9.90 Å². The fourth-order valence-corrected chi connectivity index (χ4v) is 1.70. The Morgan fingerprint density at radius 1 is 1.44 bits per heavy atom. The molecule has 1 aromatic rings. The van der Waals surface area contributed by atoms with Gasteiger partial charge in [0.2, 0.25) is 0 Å². The summed E-state index contributed by atoms with van der Waals surface area (Å²) < 4.78 is 0. The second-order valence-corrected chi connectivity index (χ2v) is 4.01. The van der Waals surface area contributed by atoms with E-state index < -0.39 is 5.97 Å². The van der Waals surface area contributed by atoms with Gasteiger partial charge in [-0.1, -0.05) is 0 Å². The Bertz CT molecular complexity index is 381. The van der Waals surface area contributed by atoms with Crippen LogP contribution in [0.15, 0.2) is 12.4 Å². The van der Waals surface area contributed by atoms with Crippen LogP contribution in [-0.2, 0) is 0 Å². The molecule has 0 aliphatic heterocycles. The van der Waals surface area contributed by atoms with Crippen LogP contribution in [0.2, 0.25) is 0 Å². The number of rotatable bonds is 4. The van der Waals surface area contributed by atoms with E-state index in [0.29, 0.717) is 5.82 Å². The molecule has 2 rings (SSSR count). The van der Waals surface area contributed by atoms with Crippen LogP contribution in [0.25, 0.3) is 0 Å². The van der Waals surface area contributed by atoms with Gasteiger partial charge in [0, 0.05) is 0 Å². The first-order chi connectivity index (χ1) is 7.65. The first kappa shape index (κ1) is 10.8. The maximum absolute atomic E-state index is 10.6. The van der Waals surface area contributed by atoms with Crippen LogP contribution in [0.5, 0.6) is 0 Å². The fourth-order valence-electron chi connectivity index (χ4n) is 1.70. The molecule has 1 aromatic heterocycles. The smallest absolute Gasteiger partial charge is 0.356 e. The van der Waals surface area contributed by atoms with Crippen molar-refractivity contribution in [2.24, 2.45) is 0 Å². The van der Waals surface area contributed by atoms with Crippen molar-refractivity contribution in [3.8, 4) is 0 Å². The topological polar surface area (TPSA) is 95.3 Å². The molecule has 0 bridgehead atoms. The number of hydrogen-bond donors (Lipinski definition) is 3. The van der Waals surface area contributed by atoms with Crippen LogP contribution in [0.3, 0.4) is 0 Å². The van der Waals surface area contributed by atoms with Gasteiger partial charge in [-0.3, -0.25) is 0 Å². The molecule has 6 heteroatoms. The van der Waals surface area contributed by atoms with Crippen LogP contribution >= 0.6 is 0 Å². The largest absolute Gasteiger partial charge is 0.476 e. The molecule has 0 spiro atoms. The number of anilines is 1. The lowest BCUT2D eigenvalue weighted by Gasteiger charge is -2.41. The van der Waals surface area contributed by atoms with Crippen molar-refractivity contribution in [3.63, 3.8) is 0 Å². The first-order valence-corrected chi connectivity index (χ1v) is 5.10. The summed E-state index contributed by atoms with van der Waals surface area (Å²) in [6, 6.07) is 0. The maximum atomic E-state index is 10.6. The Morgan fingerprint density at radius 2 is 2.19 bits per heavy atom. The van der Waals surface area contributed by atoms with Gasteiger partial charge in [0.05, 0.1) is 24.5 Å². The normalized spacial score (nSPS) is 17.6. The number of aromatic nitrogens is 2. The highest BCUT2D eigenvalue weighted by Gasteiger charge is 2.36. The standard InChI is InChI=1S/C10H13N3O3/c14-6-10(2-1-3-10)13-8-5-11-7(4-12-8)9(15)16/h4-5,14H,1-3,6H2,(H,12,13)(H,15,16). The number of aliphatic hydroxyl groups excluding tert-OH is 1. The third kappa shape index (κ3) is 1.96. The fraction of sp³-hybridized carbons (Fsp3) is 0.500. The zero-order valence-corrected chi connectivity index (χ0v) is 8.68. The van der Waals surface area contributed by atoms with E-state index in [1.165, 1.54) is 12.4 Å². The molecule has 6 nitrogen and oxygen atoms in total. The molecule has 0 radical (unpaired) electrons. The Labute approximate surface area is 92.4 Å². The summed E-state index contributed by atoms with van der Waals surface area (Å²) in [7, 11) is 0. The molecule has 1 aliphatic carbocycles. The molecule has 1 aliphatic rings. The van der Waals surface area contributed by atoms with Crippen LogP contribution in [0.1, 0.15) is 29.8 Å². The van der Waals surface area contributed by atoms with E-state index in [1.807, 2.05) is 0 Å². The maximum Gasteiger partial charge on any atom is 0.356 e. The number of nitrogens with one attached hydrogen (secondary N) is 1. The van der Waals surface area contributed by atoms with Crippen LogP contribution < -0.4 is 5.32 Å². The number of aliphatic hydroxyl groups is 1. The van der Waals surface area contributed by atoms with E-state index in [1.54, 1.807) is 0 Å². The van der Waals surface area contributed by atoms with E-state index in [2.05, 4.69) is 15.3 Å². The van der Waals surface area contributed by atoms with Gasteiger partial charge in [0.25, 0.3) is 0 Å². The van der Waals surface area contributed by atoms with Gasteiger partial charge < -0.3 is 15.5 Å². The number of aromatic carboxylic acids is 1. The zero-order valence-electron chi connectivity index (χ0n) is 8.68. The SMILES string of the molecule is O=C(O)c1cnc(NC2(CO)CCC2)cn1. The molecule has 0 aromatic carbocycles. The van der Waals surface area contributed by atoms with Crippen molar-refractivity contribution in [2.45, 2.75) is 24.8 Å². The lowest BCUT2D eigenvalue weighted by Crippen LogP contribution is -2.48. The van der Waals surface area contributed by atoms with Crippen molar-refractivity contribution in [1.82, 2.24) is 9.97 Å². The Kier molecular flexibility index (Phi) is 2.74. The van der Waals surface area contributed by atoms with E-state index >= 15 is 0 Å². The second kappa shape index (κ2) is 4.05. The summed E-state index contributed by atoms with van der Waals surface area (Å²) in [6.45, 7) is 0.0510. The molecule has 1 saturated carbocycles. The highest BCUT2D eigenvalue weighted by Crippen LogP contribution is 2.34. The molecule has 0 unspecified atom stereocenters. The Morgan fingerprint density at radius 3 is 2.56 bits per heavy atom. The average molecular weight is 223 g/mol. The molecule has 1 heterocycles. The molecule has 0 atom stereocenters. The molecule has 0 saturated heterocycles. The molecular weight excluding hydrogens is 210 g/mol. The monoisotopic (exact) mass is 223 g/mol. The summed E-state index contributed by atoms with van der Waals surface area (Å²) in [5.41, 5.74) is -0.378. The molecule has 3 N–H and O–H groups in total. The van der Waals surface area contributed by atoms with Crippen molar-refractivity contribution in [2.75, 3.05) is 11.9 Å². The van der Waals surface area contributed by atoms with Crippen LogP contribution in [0, 0.1) is 0 Å². The number of hydrogen-bond acceptors (Lipinski definition) is 5. The van der Waals surface area contributed by atoms with Gasteiger partial charge >= 0.3 is 5.97 Å². The highest BCUT2D eigenvalue weighted by molar-refractivity contribution is 5.84. The van der Waals surface area contributed by atoms with Crippen molar-refractivity contribution in [1.29, 1.82) is 0 Å². The van der Waals surface area contributed by atoms with Crippen LogP contribution in [-0.4, -0.2) is 38.3 Å². The first-order valence-electron chi connectivity index (χ1n) is 5.10. The van der Waals surface area contributed by atoms with Crippen molar-refractivity contribution < 1.29 is 15.0 Å². The number of carboxylic acids is 1. The van der Waals surface area contributed by atoms with Crippen molar-refractivity contribution in [3.05, 3.63) is 18.1 Å². The van der Waals surface area contributed by atoms with Gasteiger partial charge in [-0.15, -0.1) is 0 Å². The van der Waals surface area contributed by atoms with E-state index in [-0.39, 0.29) is 17.8 Å². The van der Waals surface area contributed by atoms with Crippen molar-refractivity contribution >= 4 is 11.8 Å². The minimum atomic E-state index is -1.10. The number of nitrogens with zero attached hydrogens (tertiary/aromatic N) is 2. The molecule has 0 amide bonds. The van der Waals surface area contributed by atoms with Gasteiger partial charge in [-0.05, 0) is 19.3 Å². The minimum Gasteiger partial charge on any atom is -0.476 e. The summed E-state index contributed by atoms with van der Waals surface area (Å²) in [4.78, 5) is 18.3. The molecular formula is C10H13N3O3. The van der Waals surface area contributed by atoms with E-state index in [4.69, 9.17) is 5.11 Å². The summed E-state index contributed by atoms with van der Waals surface area (Å²) in [5.74, 6) is -0.599. The van der Waals surface area contributed by atoms with E-state index in [0.717, 1.165) is 19.3 Å². The second-order valence-electron chi connectivity index (χ2n) is 4.01. The summed E-state index contributed by atoms with van der Waals surface area (Å²) >= 11 is 0. The van der Waals surface area contributed by atoms with Gasteiger partial charge in [0.1, 0.15) is 5.82 Å². The molecule has 1 fully saturated rings. The predicted octanol–water partition coefficient (Wildman–Crippen LogP) is 0.502. The quantitative estimate of drug-likeness (QED) is 0.688. The highest BCUT2D eigenvalue weighted by atomic mass is 16.4. The van der Waals surface area contributed by atoms with Gasteiger partial charge in [0.15, 0.2) is 5.69 Å². The minimum absolute atomic E-state index is 0.0510. The summed E-state index contributed by atoms with van der Waals surface area (Å²) in [6.07, 6.45) is 5.44. The third-order valence-electron chi connectivity index (χ3n) is 2.88. The van der Waals surface area contributed by atoms with Gasteiger partial charge in [-0.2, -0.15) is 0 Å². The third-order valence-corrected chi connectivity index (χ3v) is 2.88. The lowest BCUT2D eigenvalue weighted by molar-refractivity contribution is 0.0690. The predicted molar refractivity (Wildman–Crippen MR) is 56.3 cm³/mol. The Balaban J connectivity index is 2.07. The summed E-state index contributed by atoms with van der Waals surface area (Å²) in [5, 5.41) is 21.0. The number of carboxylic acid groups (broad SMARTS) is 1. The van der Waals surface area contributed by atoms with Gasteiger partial charge in [-0.25, -0.2) is 14.8 Å². The molecule has 16 heavy (non-hydrogen) atoms. The molecule has 86 valence electrons.